The van der Waals surface area contributed by atoms with E-state index < -0.39 is 51.2 Å². The lowest BCUT2D eigenvalue weighted by Crippen LogP contribution is -2.29. The largest absolute Gasteiger partial charge is 0.465 e. The number of hydrogen-bond acceptors (Lipinski definition) is 7. The fourth-order valence-electron chi connectivity index (χ4n) is 1.95. The van der Waals surface area contributed by atoms with Crippen LogP contribution >= 0.6 is 0 Å². The Morgan fingerprint density at radius 2 is 1.83 bits per heavy atom. The second kappa shape index (κ2) is 7.10. The number of esters is 1. The summed E-state index contributed by atoms with van der Waals surface area (Å²) in [6, 6.07) is 0.593. The molecular weight excluding hydrogens is 339 g/mol. The summed E-state index contributed by atoms with van der Waals surface area (Å²) in [6.07, 6.45) is -5.10. The van der Waals surface area contributed by atoms with Gasteiger partial charge in [0.15, 0.2) is 0 Å². The van der Waals surface area contributed by atoms with Gasteiger partial charge in [-0.3, -0.25) is 25.0 Å². The average molecular weight is 351 g/mol. The lowest BCUT2D eigenvalue weighted by Gasteiger charge is -2.22. The molecule has 0 heterocycles. The molecule has 9 nitrogen and oxygen atoms in total. The molecule has 0 amide bonds. The highest BCUT2D eigenvalue weighted by Crippen LogP contribution is 2.43. The average Bonchev–Trinajstić information content (AvgIpc) is 2.44. The number of benzene rings is 1. The van der Waals surface area contributed by atoms with Crippen molar-refractivity contribution in [1.29, 1.82) is 0 Å². The van der Waals surface area contributed by atoms with Crippen LogP contribution in [-0.2, 0) is 15.7 Å². The number of nitro benzene ring substituents is 2. The Kier molecular flexibility index (Phi) is 5.66. The fourth-order valence-corrected chi connectivity index (χ4v) is 1.95. The molecule has 0 aliphatic heterocycles. The zero-order valence-electron chi connectivity index (χ0n) is 12.5. The van der Waals surface area contributed by atoms with Gasteiger partial charge in [-0.1, -0.05) is 0 Å². The van der Waals surface area contributed by atoms with Crippen LogP contribution in [0.3, 0.4) is 0 Å². The van der Waals surface area contributed by atoms with Gasteiger partial charge in [-0.25, -0.2) is 0 Å². The number of anilines is 1. The summed E-state index contributed by atoms with van der Waals surface area (Å²) in [7, 11) is 1.01. The Balaban J connectivity index is 3.57. The second-order valence-corrected chi connectivity index (χ2v) is 4.53. The number of hydrogen-bond donors (Lipinski definition) is 0. The van der Waals surface area contributed by atoms with Crippen LogP contribution in [0.4, 0.5) is 30.2 Å². The normalized spacial score (nSPS) is 11.0. The molecule has 1 aromatic carbocycles. The van der Waals surface area contributed by atoms with E-state index in [2.05, 4.69) is 4.74 Å². The molecule has 0 aliphatic carbocycles. The quantitative estimate of drug-likeness (QED) is 0.439. The SMILES string of the molecule is CCOC(=O)CN(C)c1c([N+](=O)[O-])cc([N+](=O)[O-])cc1C(F)(F)F. The number of non-ortho nitro benzene ring substituents is 1. The minimum Gasteiger partial charge on any atom is -0.465 e. The smallest absolute Gasteiger partial charge is 0.418 e. The summed E-state index contributed by atoms with van der Waals surface area (Å²) in [6.45, 7) is 0.754. The molecule has 1 aromatic rings. The predicted octanol–water partition coefficient (Wildman–Crippen LogP) is 2.52. The Morgan fingerprint density at radius 1 is 1.25 bits per heavy atom. The van der Waals surface area contributed by atoms with Crippen molar-refractivity contribution in [3.63, 3.8) is 0 Å². The topological polar surface area (TPSA) is 116 Å². The number of carbonyl (C=O) groups is 1. The van der Waals surface area contributed by atoms with E-state index in [0.29, 0.717) is 11.0 Å². The number of nitrogens with zero attached hydrogens (tertiary/aromatic N) is 3. The maximum atomic E-state index is 13.2. The van der Waals surface area contributed by atoms with E-state index in [9.17, 15) is 38.2 Å². The van der Waals surface area contributed by atoms with E-state index in [1.807, 2.05) is 0 Å². The van der Waals surface area contributed by atoms with Crippen LogP contribution in [-0.4, -0.2) is 36.0 Å². The third kappa shape index (κ3) is 4.30. The van der Waals surface area contributed by atoms with Crippen molar-refractivity contribution in [2.45, 2.75) is 13.1 Å². The zero-order chi connectivity index (χ0) is 18.7. The van der Waals surface area contributed by atoms with Crippen molar-refractivity contribution < 1.29 is 32.5 Å². The monoisotopic (exact) mass is 351 g/mol. The molecule has 0 N–H and O–H groups in total. The molecule has 132 valence electrons. The highest BCUT2D eigenvalue weighted by molar-refractivity contribution is 5.80. The van der Waals surface area contributed by atoms with Gasteiger partial charge in [0.1, 0.15) is 12.2 Å². The van der Waals surface area contributed by atoms with Crippen LogP contribution in [0.1, 0.15) is 12.5 Å². The van der Waals surface area contributed by atoms with Crippen LogP contribution in [0.25, 0.3) is 0 Å². The first-order valence-corrected chi connectivity index (χ1v) is 6.39. The Hall–Kier alpha value is -2.92. The van der Waals surface area contributed by atoms with Gasteiger partial charge < -0.3 is 9.64 Å². The zero-order valence-corrected chi connectivity index (χ0v) is 12.5. The van der Waals surface area contributed by atoms with Crippen LogP contribution in [0.2, 0.25) is 0 Å². The van der Waals surface area contributed by atoms with E-state index in [1.54, 1.807) is 0 Å². The molecule has 0 spiro atoms. The molecule has 0 aromatic heterocycles. The number of carbonyl (C=O) groups excluding carboxylic acids is 1. The van der Waals surface area contributed by atoms with Crippen LogP contribution in [0, 0.1) is 20.2 Å². The molecule has 0 fully saturated rings. The fraction of sp³-hybridized carbons (Fsp3) is 0.417. The molecule has 0 unspecified atom stereocenters. The Morgan fingerprint density at radius 3 is 2.25 bits per heavy atom. The van der Waals surface area contributed by atoms with Gasteiger partial charge in [0.05, 0.1) is 28.1 Å². The van der Waals surface area contributed by atoms with Crippen LogP contribution < -0.4 is 4.90 Å². The first-order valence-electron chi connectivity index (χ1n) is 6.39. The lowest BCUT2D eigenvalue weighted by molar-refractivity contribution is -0.394. The highest BCUT2D eigenvalue weighted by atomic mass is 19.4. The minimum atomic E-state index is -5.10. The van der Waals surface area contributed by atoms with Crippen molar-refractivity contribution in [3.05, 3.63) is 37.9 Å². The number of nitro groups is 2. The third-order valence-corrected chi connectivity index (χ3v) is 2.84. The molecule has 0 radical (unpaired) electrons. The Bertz CT molecular complexity index is 677. The summed E-state index contributed by atoms with van der Waals surface area (Å²) in [5, 5.41) is 21.8. The number of rotatable bonds is 6. The number of halogens is 3. The van der Waals surface area contributed by atoms with Gasteiger partial charge in [-0.05, 0) is 6.92 Å². The molecule has 0 atom stereocenters. The van der Waals surface area contributed by atoms with Crippen molar-refractivity contribution in [2.24, 2.45) is 0 Å². The van der Waals surface area contributed by atoms with Crippen molar-refractivity contribution in [1.82, 2.24) is 0 Å². The summed E-state index contributed by atoms with van der Waals surface area (Å²) in [5.74, 6) is -0.902. The maximum absolute atomic E-state index is 13.2. The number of ether oxygens (including phenoxy) is 1. The molecule has 0 aliphatic rings. The predicted molar refractivity (Wildman–Crippen MR) is 74.7 cm³/mol. The van der Waals surface area contributed by atoms with Crippen molar-refractivity contribution >= 4 is 23.0 Å². The van der Waals surface area contributed by atoms with E-state index in [-0.39, 0.29) is 12.7 Å². The first-order chi connectivity index (χ1) is 11.0. The number of likely N-dealkylation sites (N-methyl/N-ethyl adjacent to an activating group) is 1. The van der Waals surface area contributed by atoms with E-state index in [4.69, 9.17) is 0 Å². The van der Waals surface area contributed by atoms with Gasteiger partial charge in [0.2, 0.25) is 0 Å². The molecule has 0 saturated carbocycles. The second-order valence-electron chi connectivity index (χ2n) is 4.53. The van der Waals surface area contributed by atoms with Gasteiger partial charge in [-0.2, -0.15) is 13.2 Å². The molecule has 12 heteroatoms. The van der Waals surface area contributed by atoms with Gasteiger partial charge >= 0.3 is 12.1 Å². The minimum absolute atomic E-state index is 0.0266. The van der Waals surface area contributed by atoms with Gasteiger partial charge in [0.25, 0.3) is 11.4 Å². The summed E-state index contributed by atoms with van der Waals surface area (Å²) >= 11 is 0. The third-order valence-electron chi connectivity index (χ3n) is 2.84. The van der Waals surface area contributed by atoms with Crippen LogP contribution in [0.5, 0.6) is 0 Å². The summed E-state index contributed by atoms with van der Waals surface area (Å²) < 4.78 is 44.2. The maximum Gasteiger partial charge on any atom is 0.418 e. The molecular formula is C12H12F3N3O6. The summed E-state index contributed by atoms with van der Waals surface area (Å²) in [4.78, 5) is 31.5. The van der Waals surface area contributed by atoms with Crippen molar-refractivity contribution in [2.75, 3.05) is 25.1 Å². The van der Waals surface area contributed by atoms with Gasteiger partial charge in [-0.15, -0.1) is 0 Å². The molecule has 0 bridgehead atoms. The molecule has 24 heavy (non-hydrogen) atoms. The summed E-state index contributed by atoms with van der Waals surface area (Å²) in [5.41, 5.74) is -4.76. The lowest BCUT2D eigenvalue weighted by atomic mass is 10.1. The first kappa shape index (κ1) is 19.1. The number of alkyl halides is 3. The molecule has 0 saturated heterocycles. The highest BCUT2D eigenvalue weighted by Gasteiger charge is 2.41. The van der Waals surface area contributed by atoms with E-state index in [0.717, 1.165) is 7.05 Å². The standard InChI is InChI=1S/C12H12F3N3O6/c1-3-24-10(19)6-16(2)11-8(12(13,14)15)4-7(17(20)21)5-9(11)18(22)23/h4-5H,3,6H2,1-2H3. The van der Waals surface area contributed by atoms with E-state index >= 15 is 0 Å². The Labute approximate surface area is 132 Å². The van der Waals surface area contributed by atoms with Crippen LogP contribution in [0.15, 0.2) is 12.1 Å². The van der Waals surface area contributed by atoms with Crippen molar-refractivity contribution in [3.8, 4) is 0 Å². The van der Waals surface area contributed by atoms with Gasteiger partial charge in [0, 0.05) is 13.1 Å². The van der Waals surface area contributed by atoms with E-state index in [1.165, 1.54) is 6.92 Å². The molecule has 1 rings (SSSR count).